The first kappa shape index (κ1) is 10.4. The van der Waals surface area contributed by atoms with Crippen molar-refractivity contribution in [3.8, 4) is 0 Å². The summed E-state index contributed by atoms with van der Waals surface area (Å²) in [5.74, 6) is 0. The van der Waals surface area contributed by atoms with Gasteiger partial charge in [-0.25, -0.2) is 0 Å². The molecule has 1 aliphatic rings. The average Bonchev–Trinajstić information content (AvgIpc) is 2.51. The number of halogens is 1. The van der Waals surface area contributed by atoms with Gasteiger partial charge in [0.05, 0.1) is 4.34 Å². The summed E-state index contributed by atoms with van der Waals surface area (Å²) in [6.07, 6.45) is 1.10. The van der Waals surface area contributed by atoms with Gasteiger partial charge < -0.3 is 10.2 Å². The highest BCUT2D eigenvalue weighted by atomic mass is 35.5. The van der Waals surface area contributed by atoms with E-state index in [0.717, 1.165) is 30.4 Å². The molecule has 2 nitrogen and oxygen atoms in total. The van der Waals surface area contributed by atoms with Gasteiger partial charge in [0, 0.05) is 30.6 Å². The van der Waals surface area contributed by atoms with Crippen molar-refractivity contribution in [2.75, 3.05) is 26.7 Å². The van der Waals surface area contributed by atoms with Crippen molar-refractivity contribution in [2.45, 2.75) is 12.5 Å². The molecular formula is C10H15ClN2S. The van der Waals surface area contributed by atoms with Crippen LogP contribution in [0.2, 0.25) is 4.34 Å². The standard InChI is InChI=1S/C10H15ClN2S/c1-13-5-4-12-8(7-13)6-9-2-3-10(11)14-9/h2-3,8,12H,4-7H2,1H3. The quantitative estimate of drug-likeness (QED) is 0.835. The van der Waals surface area contributed by atoms with E-state index in [9.17, 15) is 0 Å². The van der Waals surface area contributed by atoms with Crippen molar-refractivity contribution < 1.29 is 0 Å². The lowest BCUT2D eigenvalue weighted by atomic mass is 10.1. The Kier molecular flexibility index (Phi) is 3.44. The zero-order valence-corrected chi connectivity index (χ0v) is 9.87. The first-order chi connectivity index (χ1) is 6.74. The number of thiophene rings is 1. The van der Waals surface area contributed by atoms with Gasteiger partial charge in [-0.2, -0.15) is 0 Å². The van der Waals surface area contributed by atoms with E-state index in [1.54, 1.807) is 11.3 Å². The van der Waals surface area contributed by atoms with E-state index in [1.165, 1.54) is 4.88 Å². The predicted octanol–water partition coefficient (Wildman–Crippen LogP) is 1.85. The van der Waals surface area contributed by atoms with Gasteiger partial charge in [-0.3, -0.25) is 0 Å². The van der Waals surface area contributed by atoms with Crippen LogP contribution < -0.4 is 5.32 Å². The lowest BCUT2D eigenvalue weighted by molar-refractivity contribution is 0.238. The van der Waals surface area contributed by atoms with Gasteiger partial charge in [0.2, 0.25) is 0 Å². The molecule has 1 unspecified atom stereocenters. The Morgan fingerprint density at radius 1 is 1.64 bits per heavy atom. The summed E-state index contributed by atoms with van der Waals surface area (Å²) < 4.78 is 0.893. The molecule has 0 radical (unpaired) electrons. The van der Waals surface area contributed by atoms with Crippen LogP contribution in [0.5, 0.6) is 0 Å². The minimum atomic E-state index is 0.587. The number of hydrogen-bond donors (Lipinski definition) is 1. The smallest absolute Gasteiger partial charge is 0.0931 e. The molecule has 1 saturated heterocycles. The molecule has 0 aromatic carbocycles. The molecule has 0 bridgehead atoms. The molecule has 1 aliphatic heterocycles. The average molecular weight is 231 g/mol. The number of rotatable bonds is 2. The fourth-order valence-electron chi connectivity index (χ4n) is 1.83. The summed E-state index contributed by atoms with van der Waals surface area (Å²) in [6.45, 7) is 3.39. The van der Waals surface area contributed by atoms with Gasteiger partial charge in [-0.15, -0.1) is 11.3 Å². The van der Waals surface area contributed by atoms with E-state index < -0.39 is 0 Å². The highest BCUT2D eigenvalue weighted by Gasteiger charge is 2.17. The fourth-order valence-corrected chi connectivity index (χ4v) is 3.00. The van der Waals surface area contributed by atoms with Crippen molar-refractivity contribution in [3.63, 3.8) is 0 Å². The highest BCUT2D eigenvalue weighted by molar-refractivity contribution is 7.16. The SMILES string of the molecule is CN1CCNC(Cc2ccc(Cl)s2)C1. The normalized spacial score (nSPS) is 24.0. The van der Waals surface area contributed by atoms with Crippen molar-refractivity contribution in [1.82, 2.24) is 10.2 Å². The highest BCUT2D eigenvalue weighted by Crippen LogP contribution is 2.22. The second-order valence-electron chi connectivity index (χ2n) is 3.82. The van der Waals surface area contributed by atoms with Crippen LogP contribution in [0, 0.1) is 0 Å². The minimum absolute atomic E-state index is 0.587. The maximum atomic E-state index is 5.89. The van der Waals surface area contributed by atoms with Crippen LogP contribution in [0.25, 0.3) is 0 Å². The number of likely N-dealkylation sites (N-methyl/N-ethyl adjacent to an activating group) is 1. The Morgan fingerprint density at radius 2 is 2.50 bits per heavy atom. The van der Waals surface area contributed by atoms with Crippen LogP contribution in [-0.4, -0.2) is 37.6 Å². The Bertz CT molecular complexity index is 300. The van der Waals surface area contributed by atoms with E-state index in [1.807, 2.05) is 6.07 Å². The van der Waals surface area contributed by atoms with Crippen LogP contribution in [-0.2, 0) is 6.42 Å². The van der Waals surface area contributed by atoms with Crippen LogP contribution in [0.1, 0.15) is 4.88 Å². The minimum Gasteiger partial charge on any atom is -0.311 e. The Labute approximate surface area is 93.9 Å². The van der Waals surface area contributed by atoms with Crippen LogP contribution in [0.4, 0.5) is 0 Å². The molecule has 0 saturated carbocycles. The molecule has 1 atom stereocenters. The molecule has 1 aromatic rings. The molecule has 78 valence electrons. The first-order valence-electron chi connectivity index (χ1n) is 4.90. The summed E-state index contributed by atoms with van der Waals surface area (Å²) in [5, 5.41) is 3.53. The third-order valence-electron chi connectivity index (χ3n) is 2.54. The maximum Gasteiger partial charge on any atom is 0.0931 e. The Hall–Kier alpha value is -0.0900. The third-order valence-corrected chi connectivity index (χ3v) is 3.79. The maximum absolute atomic E-state index is 5.89. The fraction of sp³-hybridized carbons (Fsp3) is 0.600. The second kappa shape index (κ2) is 4.62. The second-order valence-corrected chi connectivity index (χ2v) is 5.62. The van der Waals surface area contributed by atoms with Crippen molar-refractivity contribution in [3.05, 3.63) is 21.3 Å². The molecule has 0 aliphatic carbocycles. The lowest BCUT2D eigenvalue weighted by Gasteiger charge is -2.30. The molecule has 4 heteroatoms. The van der Waals surface area contributed by atoms with E-state index in [4.69, 9.17) is 11.6 Å². The van der Waals surface area contributed by atoms with Gasteiger partial charge in [0.15, 0.2) is 0 Å². The summed E-state index contributed by atoms with van der Waals surface area (Å²) in [7, 11) is 2.18. The zero-order valence-electron chi connectivity index (χ0n) is 8.29. The largest absolute Gasteiger partial charge is 0.311 e. The molecule has 14 heavy (non-hydrogen) atoms. The van der Waals surface area contributed by atoms with Crippen LogP contribution in [0.15, 0.2) is 12.1 Å². The molecule has 1 N–H and O–H groups in total. The molecule has 0 spiro atoms. The number of nitrogens with zero attached hydrogens (tertiary/aromatic N) is 1. The van der Waals surface area contributed by atoms with E-state index in [2.05, 4.69) is 23.3 Å². The van der Waals surface area contributed by atoms with Gasteiger partial charge in [0.1, 0.15) is 0 Å². The monoisotopic (exact) mass is 230 g/mol. The predicted molar refractivity (Wildman–Crippen MR) is 62.3 cm³/mol. The van der Waals surface area contributed by atoms with E-state index in [0.29, 0.717) is 6.04 Å². The summed E-state index contributed by atoms with van der Waals surface area (Å²) >= 11 is 7.58. The number of piperazine rings is 1. The van der Waals surface area contributed by atoms with Crippen molar-refractivity contribution in [2.24, 2.45) is 0 Å². The van der Waals surface area contributed by atoms with Gasteiger partial charge in [-0.05, 0) is 25.6 Å². The molecule has 2 rings (SSSR count). The van der Waals surface area contributed by atoms with E-state index >= 15 is 0 Å². The molecular weight excluding hydrogens is 216 g/mol. The Balaban J connectivity index is 1.90. The third kappa shape index (κ3) is 2.70. The summed E-state index contributed by atoms with van der Waals surface area (Å²) in [6, 6.07) is 4.70. The van der Waals surface area contributed by atoms with Crippen molar-refractivity contribution in [1.29, 1.82) is 0 Å². The summed E-state index contributed by atoms with van der Waals surface area (Å²) in [4.78, 5) is 3.75. The number of nitrogens with one attached hydrogen (secondary N) is 1. The molecule has 0 amide bonds. The van der Waals surface area contributed by atoms with Crippen LogP contribution >= 0.6 is 22.9 Å². The van der Waals surface area contributed by atoms with E-state index in [-0.39, 0.29) is 0 Å². The first-order valence-corrected chi connectivity index (χ1v) is 6.09. The van der Waals surface area contributed by atoms with Crippen LogP contribution in [0.3, 0.4) is 0 Å². The van der Waals surface area contributed by atoms with Crippen molar-refractivity contribution >= 4 is 22.9 Å². The van der Waals surface area contributed by atoms with Gasteiger partial charge in [-0.1, -0.05) is 11.6 Å². The topological polar surface area (TPSA) is 15.3 Å². The zero-order chi connectivity index (χ0) is 9.97. The number of hydrogen-bond acceptors (Lipinski definition) is 3. The molecule has 1 fully saturated rings. The van der Waals surface area contributed by atoms with Gasteiger partial charge in [0.25, 0.3) is 0 Å². The van der Waals surface area contributed by atoms with Gasteiger partial charge >= 0.3 is 0 Å². The Morgan fingerprint density at radius 3 is 3.14 bits per heavy atom. The molecule has 1 aromatic heterocycles. The molecule has 2 heterocycles. The lowest BCUT2D eigenvalue weighted by Crippen LogP contribution is -2.49. The summed E-state index contributed by atoms with van der Waals surface area (Å²) in [5.41, 5.74) is 0.